The Kier molecular flexibility index (Phi) is 5.68. The highest BCUT2D eigenvalue weighted by Crippen LogP contribution is 2.28. The minimum Gasteiger partial charge on any atom is -0.494 e. The standard InChI is InChI=1S/C15H18ClNO2S/c1-3-14(15-17-11(9-16)10-20-15)19-13-7-5-12(6-8-13)18-4-2/h5-8,10,14H,3-4,9H2,1-2H3. The van der Waals surface area contributed by atoms with Crippen LogP contribution in [0.5, 0.6) is 11.5 Å². The number of rotatable bonds is 7. The van der Waals surface area contributed by atoms with E-state index in [4.69, 9.17) is 21.1 Å². The predicted molar refractivity (Wildman–Crippen MR) is 82.9 cm³/mol. The molecule has 0 bridgehead atoms. The van der Waals surface area contributed by atoms with E-state index in [1.165, 1.54) is 0 Å². The van der Waals surface area contributed by atoms with Gasteiger partial charge in [-0.25, -0.2) is 4.98 Å². The number of ether oxygens (including phenoxy) is 2. The Labute approximate surface area is 128 Å². The Morgan fingerprint density at radius 1 is 1.20 bits per heavy atom. The van der Waals surface area contributed by atoms with Gasteiger partial charge in [-0.15, -0.1) is 22.9 Å². The molecule has 2 aromatic rings. The molecular formula is C15H18ClNO2S. The lowest BCUT2D eigenvalue weighted by Crippen LogP contribution is -2.06. The first-order valence-corrected chi connectivity index (χ1v) is 8.08. The molecule has 1 aromatic heterocycles. The lowest BCUT2D eigenvalue weighted by molar-refractivity contribution is 0.200. The van der Waals surface area contributed by atoms with Crippen LogP contribution in [0.3, 0.4) is 0 Å². The van der Waals surface area contributed by atoms with Crippen molar-refractivity contribution < 1.29 is 9.47 Å². The molecule has 3 nitrogen and oxygen atoms in total. The number of benzene rings is 1. The van der Waals surface area contributed by atoms with Gasteiger partial charge in [0, 0.05) is 5.38 Å². The summed E-state index contributed by atoms with van der Waals surface area (Å²) in [7, 11) is 0. The van der Waals surface area contributed by atoms with E-state index in [0.29, 0.717) is 12.5 Å². The lowest BCUT2D eigenvalue weighted by Gasteiger charge is -2.15. The van der Waals surface area contributed by atoms with Gasteiger partial charge >= 0.3 is 0 Å². The summed E-state index contributed by atoms with van der Waals surface area (Å²) in [5, 5.41) is 2.95. The molecule has 20 heavy (non-hydrogen) atoms. The van der Waals surface area contributed by atoms with Crippen molar-refractivity contribution in [3.05, 3.63) is 40.3 Å². The highest BCUT2D eigenvalue weighted by molar-refractivity contribution is 7.09. The monoisotopic (exact) mass is 311 g/mol. The average Bonchev–Trinajstić information content (AvgIpc) is 2.95. The Hall–Kier alpha value is -1.26. The molecule has 0 amide bonds. The van der Waals surface area contributed by atoms with Crippen LogP contribution in [0.15, 0.2) is 29.6 Å². The summed E-state index contributed by atoms with van der Waals surface area (Å²) in [5.74, 6) is 2.12. The maximum absolute atomic E-state index is 5.99. The predicted octanol–water partition coefficient (Wildman–Crippen LogP) is 4.81. The zero-order valence-corrected chi connectivity index (χ0v) is 13.2. The zero-order chi connectivity index (χ0) is 14.4. The first kappa shape index (κ1) is 15.1. The van der Waals surface area contributed by atoms with Crippen LogP contribution in [-0.2, 0) is 5.88 Å². The van der Waals surface area contributed by atoms with Gasteiger partial charge in [0.05, 0.1) is 18.2 Å². The van der Waals surface area contributed by atoms with Gasteiger partial charge in [-0.3, -0.25) is 0 Å². The fourth-order valence-corrected chi connectivity index (χ4v) is 2.94. The molecule has 1 aromatic carbocycles. The van der Waals surface area contributed by atoms with E-state index < -0.39 is 0 Å². The van der Waals surface area contributed by atoms with Crippen molar-refractivity contribution in [1.29, 1.82) is 0 Å². The third kappa shape index (κ3) is 3.87. The van der Waals surface area contributed by atoms with Crippen molar-refractivity contribution in [2.75, 3.05) is 6.61 Å². The second kappa shape index (κ2) is 7.50. The Morgan fingerprint density at radius 2 is 1.90 bits per heavy atom. The SMILES string of the molecule is CCOc1ccc(OC(CC)c2nc(CCl)cs2)cc1. The largest absolute Gasteiger partial charge is 0.494 e. The lowest BCUT2D eigenvalue weighted by atomic mass is 10.2. The molecule has 0 aliphatic heterocycles. The van der Waals surface area contributed by atoms with Gasteiger partial charge in [0.2, 0.25) is 0 Å². The quantitative estimate of drug-likeness (QED) is 0.688. The Balaban J connectivity index is 2.05. The zero-order valence-electron chi connectivity index (χ0n) is 11.6. The second-order valence-corrected chi connectivity index (χ2v) is 5.39. The molecule has 1 heterocycles. The summed E-state index contributed by atoms with van der Waals surface area (Å²) < 4.78 is 11.4. The van der Waals surface area contributed by atoms with Gasteiger partial charge < -0.3 is 9.47 Å². The maximum atomic E-state index is 5.99. The van der Waals surface area contributed by atoms with Crippen molar-refractivity contribution in [1.82, 2.24) is 4.98 Å². The average molecular weight is 312 g/mol. The van der Waals surface area contributed by atoms with Crippen LogP contribution in [0, 0.1) is 0 Å². The molecule has 108 valence electrons. The molecule has 0 aliphatic rings. The van der Waals surface area contributed by atoms with Gasteiger partial charge in [0.1, 0.15) is 22.6 Å². The van der Waals surface area contributed by atoms with Crippen molar-refractivity contribution in [3.8, 4) is 11.5 Å². The van der Waals surface area contributed by atoms with Crippen LogP contribution in [-0.4, -0.2) is 11.6 Å². The molecule has 0 aliphatic carbocycles. The van der Waals surface area contributed by atoms with Gasteiger partial charge in [0.15, 0.2) is 0 Å². The topological polar surface area (TPSA) is 31.4 Å². The Bertz CT molecular complexity index is 527. The smallest absolute Gasteiger partial charge is 0.150 e. The van der Waals surface area contributed by atoms with Gasteiger partial charge in [-0.05, 0) is 37.6 Å². The van der Waals surface area contributed by atoms with E-state index in [-0.39, 0.29) is 6.10 Å². The molecular weight excluding hydrogens is 294 g/mol. The summed E-state index contributed by atoms with van der Waals surface area (Å²) in [6.07, 6.45) is 0.831. The van der Waals surface area contributed by atoms with Gasteiger partial charge in [-0.1, -0.05) is 6.92 Å². The molecule has 0 radical (unpaired) electrons. The summed E-state index contributed by atoms with van der Waals surface area (Å²) in [4.78, 5) is 4.48. The molecule has 0 saturated heterocycles. The summed E-state index contributed by atoms with van der Waals surface area (Å²) in [5.41, 5.74) is 0.903. The fourth-order valence-electron chi connectivity index (χ4n) is 1.79. The minimum absolute atomic E-state index is 0.0325. The van der Waals surface area contributed by atoms with Crippen LogP contribution in [0.25, 0.3) is 0 Å². The van der Waals surface area contributed by atoms with Gasteiger partial charge in [-0.2, -0.15) is 0 Å². The molecule has 0 N–H and O–H groups in total. The van der Waals surface area contributed by atoms with Crippen molar-refractivity contribution in [3.63, 3.8) is 0 Å². The highest BCUT2D eigenvalue weighted by atomic mass is 35.5. The normalized spacial score (nSPS) is 12.2. The van der Waals surface area contributed by atoms with E-state index in [1.54, 1.807) is 11.3 Å². The van der Waals surface area contributed by atoms with Crippen LogP contribution in [0.2, 0.25) is 0 Å². The molecule has 0 spiro atoms. The number of hydrogen-bond acceptors (Lipinski definition) is 4. The second-order valence-electron chi connectivity index (χ2n) is 4.23. The number of nitrogens with zero attached hydrogens (tertiary/aromatic N) is 1. The van der Waals surface area contributed by atoms with Crippen LogP contribution in [0.4, 0.5) is 0 Å². The van der Waals surface area contributed by atoms with Crippen LogP contribution >= 0.6 is 22.9 Å². The third-order valence-electron chi connectivity index (χ3n) is 2.77. The molecule has 2 rings (SSSR count). The van der Waals surface area contributed by atoms with E-state index in [2.05, 4.69) is 11.9 Å². The molecule has 5 heteroatoms. The fraction of sp³-hybridized carbons (Fsp3) is 0.400. The molecule has 1 unspecified atom stereocenters. The third-order valence-corrected chi connectivity index (χ3v) is 4.03. The number of halogens is 1. The first-order chi connectivity index (χ1) is 9.76. The number of alkyl halides is 1. The molecule has 1 atom stereocenters. The van der Waals surface area contributed by atoms with E-state index in [9.17, 15) is 0 Å². The molecule has 0 saturated carbocycles. The van der Waals surface area contributed by atoms with Gasteiger partial charge in [0.25, 0.3) is 0 Å². The number of hydrogen-bond donors (Lipinski definition) is 0. The first-order valence-electron chi connectivity index (χ1n) is 6.66. The summed E-state index contributed by atoms with van der Waals surface area (Å²) in [6.45, 7) is 4.72. The van der Waals surface area contributed by atoms with Crippen molar-refractivity contribution in [2.24, 2.45) is 0 Å². The van der Waals surface area contributed by atoms with Crippen LogP contribution in [0.1, 0.15) is 37.1 Å². The van der Waals surface area contributed by atoms with Crippen LogP contribution < -0.4 is 9.47 Å². The minimum atomic E-state index is -0.0325. The van der Waals surface area contributed by atoms with E-state index in [1.807, 2.05) is 36.6 Å². The maximum Gasteiger partial charge on any atom is 0.150 e. The molecule has 0 fully saturated rings. The van der Waals surface area contributed by atoms with Crippen molar-refractivity contribution in [2.45, 2.75) is 32.3 Å². The van der Waals surface area contributed by atoms with E-state index in [0.717, 1.165) is 28.6 Å². The number of aromatic nitrogens is 1. The van der Waals surface area contributed by atoms with Crippen molar-refractivity contribution >= 4 is 22.9 Å². The Morgan fingerprint density at radius 3 is 2.45 bits per heavy atom. The van der Waals surface area contributed by atoms with E-state index >= 15 is 0 Å². The number of thiazole rings is 1. The summed E-state index contributed by atoms with van der Waals surface area (Å²) in [6, 6.07) is 7.67. The highest BCUT2D eigenvalue weighted by Gasteiger charge is 2.15. The summed E-state index contributed by atoms with van der Waals surface area (Å²) >= 11 is 7.38.